The van der Waals surface area contributed by atoms with E-state index in [1.165, 1.54) is 6.26 Å². The molecule has 0 spiro atoms. The van der Waals surface area contributed by atoms with Crippen molar-refractivity contribution in [1.29, 1.82) is 0 Å². The summed E-state index contributed by atoms with van der Waals surface area (Å²) in [5, 5.41) is 3.34. The molecule has 0 aromatic heterocycles. The van der Waals surface area contributed by atoms with Gasteiger partial charge in [-0.3, -0.25) is 0 Å². The fourth-order valence-corrected chi connectivity index (χ4v) is 2.12. The molecule has 4 nitrogen and oxygen atoms in total. The van der Waals surface area contributed by atoms with Crippen LogP contribution in [0.5, 0.6) is 0 Å². The number of hydrogen-bond acceptors (Lipinski definition) is 4. The third-order valence-electron chi connectivity index (χ3n) is 2.25. The largest absolute Gasteiger partial charge is 0.385 e. The molecule has 0 aromatic carbocycles. The number of ether oxygens (including phenoxy) is 1. The third-order valence-corrected chi connectivity index (χ3v) is 3.22. The molecule has 0 fully saturated rings. The van der Waals surface area contributed by atoms with Crippen LogP contribution in [0.25, 0.3) is 0 Å². The molecule has 0 aliphatic rings. The highest BCUT2D eigenvalue weighted by Crippen LogP contribution is 1.99. The number of rotatable bonds is 8. The van der Waals surface area contributed by atoms with Gasteiger partial charge >= 0.3 is 0 Å². The van der Waals surface area contributed by atoms with Crippen molar-refractivity contribution >= 4 is 9.84 Å². The summed E-state index contributed by atoms with van der Waals surface area (Å²) in [6.07, 6.45) is 2.88. The first-order valence-electron chi connectivity index (χ1n) is 5.28. The van der Waals surface area contributed by atoms with Crippen LogP contribution in [-0.2, 0) is 14.6 Å². The minimum atomic E-state index is -2.84. The van der Waals surface area contributed by atoms with E-state index in [9.17, 15) is 8.42 Å². The second-order valence-corrected chi connectivity index (χ2v) is 6.43. The maximum Gasteiger partial charge on any atom is 0.147 e. The third kappa shape index (κ3) is 10.2. The van der Waals surface area contributed by atoms with E-state index in [-0.39, 0.29) is 11.8 Å². The van der Waals surface area contributed by atoms with Crippen molar-refractivity contribution in [2.24, 2.45) is 0 Å². The maximum absolute atomic E-state index is 10.9. The Morgan fingerprint density at radius 2 is 1.73 bits per heavy atom. The second kappa shape index (κ2) is 7.19. The summed E-state index contributed by atoms with van der Waals surface area (Å²) in [6, 6.07) is 0.589. The van der Waals surface area contributed by atoms with E-state index in [2.05, 4.69) is 12.2 Å². The Morgan fingerprint density at radius 1 is 1.20 bits per heavy atom. The fourth-order valence-electron chi connectivity index (χ4n) is 1.34. The molecule has 0 aliphatic carbocycles. The Hall–Kier alpha value is -0.130. The van der Waals surface area contributed by atoms with Crippen LogP contribution < -0.4 is 5.32 Å². The number of sulfone groups is 1. The fraction of sp³-hybridized carbons (Fsp3) is 1.00. The van der Waals surface area contributed by atoms with Gasteiger partial charge in [-0.15, -0.1) is 0 Å². The summed E-state index contributed by atoms with van der Waals surface area (Å²) in [6.45, 7) is 4.82. The lowest BCUT2D eigenvalue weighted by Crippen LogP contribution is -2.36. The zero-order valence-corrected chi connectivity index (χ0v) is 10.9. The van der Waals surface area contributed by atoms with Crippen LogP contribution in [0.2, 0.25) is 0 Å². The van der Waals surface area contributed by atoms with E-state index in [4.69, 9.17) is 4.74 Å². The summed E-state index contributed by atoms with van der Waals surface area (Å²) < 4.78 is 26.9. The zero-order valence-electron chi connectivity index (χ0n) is 10.1. The average Bonchev–Trinajstić information content (AvgIpc) is 2.10. The van der Waals surface area contributed by atoms with Gasteiger partial charge in [0.2, 0.25) is 0 Å². The Kier molecular flexibility index (Phi) is 7.13. The van der Waals surface area contributed by atoms with E-state index >= 15 is 0 Å². The molecule has 1 N–H and O–H groups in total. The molecule has 0 radical (unpaired) electrons. The Balaban J connectivity index is 3.68. The number of methoxy groups -OCH3 is 1. The van der Waals surface area contributed by atoms with Crippen LogP contribution in [0.4, 0.5) is 0 Å². The molecule has 0 aliphatic heterocycles. The lowest BCUT2D eigenvalue weighted by Gasteiger charge is -2.19. The van der Waals surface area contributed by atoms with E-state index in [1.807, 2.05) is 6.92 Å². The zero-order chi connectivity index (χ0) is 11.9. The highest BCUT2D eigenvalue weighted by Gasteiger charge is 2.10. The van der Waals surface area contributed by atoms with Crippen molar-refractivity contribution in [3.05, 3.63) is 0 Å². The molecular weight excluding hydrogens is 214 g/mol. The summed E-state index contributed by atoms with van der Waals surface area (Å²) in [5.41, 5.74) is 0. The molecule has 0 rings (SSSR count). The first-order chi connectivity index (χ1) is 6.85. The van der Waals surface area contributed by atoms with Crippen molar-refractivity contribution in [1.82, 2.24) is 5.32 Å². The molecule has 2 atom stereocenters. The van der Waals surface area contributed by atoms with E-state index < -0.39 is 9.84 Å². The molecule has 0 saturated carbocycles. The average molecular weight is 237 g/mol. The Morgan fingerprint density at radius 3 is 2.20 bits per heavy atom. The minimum absolute atomic E-state index is 0.228. The lowest BCUT2D eigenvalue weighted by atomic mass is 10.2. The van der Waals surface area contributed by atoms with Gasteiger partial charge in [-0.2, -0.15) is 0 Å². The quantitative estimate of drug-likeness (QED) is 0.679. The van der Waals surface area contributed by atoms with Crippen LogP contribution in [0.15, 0.2) is 0 Å². The maximum atomic E-state index is 10.9. The number of nitrogens with one attached hydrogen (secondary N) is 1. The van der Waals surface area contributed by atoms with Gasteiger partial charge in [-0.1, -0.05) is 0 Å². The highest BCUT2D eigenvalue weighted by atomic mass is 32.2. The van der Waals surface area contributed by atoms with Gasteiger partial charge in [0.25, 0.3) is 0 Å². The first kappa shape index (κ1) is 14.9. The van der Waals surface area contributed by atoms with Gasteiger partial charge in [0.05, 0.1) is 5.75 Å². The van der Waals surface area contributed by atoms with Crippen molar-refractivity contribution in [3.63, 3.8) is 0 Å². The highest BCUT2D eigenvalue weighted by molar-refractivity contribution is 7.90. The molecule has 0 heterocycles. The van der Waals surface area contributed by atoms with E-state index in [0.29, 0.717) is 12.5 Å². The van der Waals surface area contributed by atoms with Crippen molar-refractivity contribution in [2.45, 2.75) is 38.8 Å². The second-order valence-electron chi connectivity index (χ2n) is 4.17. The van der Waals surface area contributed by atoms with Crippen LogP contribution in [0.1, 0.15) is 26.7 Å². The molecule has 92 valence electrons. The Labute approximate surface area is 93.3 Å². The van der Waals surface area contributed by atoms with Crippen LogP contribution in [0, 0.1) is 0 Å². The molecule has 0 bridgehead atoms. The molecule has 2 unspecified atom stereocenters. The summed E-state index contributed by atoms with van der Waals surface area (Å²) in [7, 11) is -1.16. The molecule has 0 aromatic rings. The molecule has 5 heteroatoms. The predicted molar refractivity (Wildman–Crippen MR) is 62.9 cm³/mol. The monoisotopic (exact) mass is 237 g/mol. The van der Waals surface area contributed by atoms with Crippen molar-refractivity contribution in [2.75, 3.05) is 25.7 Å². The Bertz CT molecular complexity index is 251. The van der Waals surface area contributed by atoms with Gasteiger partial charge in [0.1, 0.15) is 9.84 Å². The summed E-state index contributed by atoms with van der Waals surface area (Å²) in [4.78, 5) is 0. The first-order valence-corrected chi connectivity index (χ1v) is 7.34. The van der Waals surface area contributed by atoms with Gasteiger partial charge in [0, 0.05) is 32.1 Å². The van der Waals surface area contributed by atoms with Gasteiger partial charge in [0.15, 0.2) is 0 Å². The molecule has 15 heavy (non-hydrogen) atoms. The lowest BCUT2D eigenvalue weighted by molar-refractivity contribution is 0.183. The molecule has 0 amide bonds. The minimum Gasteiger partial charge on any atom is -0.385 e. The standard InChI is InChI=1S/C10H23NO3S/c1-9(5-7-14-3)11-10(2)6-8-15(4,12)13/h9-11H,5-8H2,1-4H3. The summed E-state index contributed by atoms with van der Waals surface area (Å²) in [5.74, 6) is 0.248. The van der Waals surface area contributed by atoms with E-state index in [1.54, 1.807) is 7.11 Å². The number of hydrogen-bond donors (Lipinski definition) is 1. The van der Waals surface area contributed by atoms with Gasteiger partial charge < -0.3 is 10.1 Å². The van der Waals surface area contributed by atoms with E-state index in [0.717, 1.165) is 13.0 Å². The smallest absolute Gasteiger partial charge is 0.147 e. The molecule has 0 saturated heterocycles. The van der Waals surface area contributed by atoms with Crippen LogP contribution in [-0.4, -0.2) is 46.2 Å². The van der Waals surface area contributed by atoms with Gasteiger partial charge in [-0.05, 0) is 26.7 Å². The van der Waals surface area contributed by atoms with Crippen molar-refractivity contribution < 1.29 is 13.2 Å². The summed E-state index contributed by atoms with van der Waals surface area (Å²) >= 11 is 0. The molecular formula is C10H23NO3S. The van der Waals surface area contributed by atoms with Crippen LogP contribution in [0.3, 0.4) is 0 Å². The normalized spacial score (nSPS) is 16.3. The van der Waals surface area contributed by atoms with Crippen molar-refractivity contribution in [3.8, 4) is 0 Å². The topological polar surface area (TPSA) is 55.4 Å². The predicted octanol–water partition coefficient (Wildman–Crippen LogP) is 0.824. The van der Waals surface area contributed by atoms with Crippen LogP contribution >= 0.6 is 0 Å². The SMILES string of the molecule is COCCC(C)NC(C)CCS(C)(=O)=O. The van der Waals surface area contributed by atoms with Gasteiger partial charge in [-0.25, -0.2) is 8.42 Å².